The van der Waals surface area contributed by atoms with Crippen molar-refractivity contribution in [2.24, 2.45) is 0 Å². The first-order valence-electron chi connectivity index (χ1n) is 5.13. The van der Waals surface area contributed by atoms with Crippen molar-refractivity contribution in [3.8, 4) is 12.3 Å². The average Bonchev–Trinajstić information content (AvgIpc) is 2.67. The van der Waals surface area contributed by atoms with Gasteiger partial charge in [-0.05, 0) is 23.5 Å². The third-order valence-electron chi connectivity index (χ3n) is 2.86. The molecule has 3 nitrogen and oxygen atoms in total. The number of nitrogens with one attached hydrogen (secondary N) is 1. The molecule has 0 fully saturated rings. The predicted octanol–water partition coefficient (Wildman–Crippen LogP) is 1.13. The van der Waals surface area contributed by atoms with Gasteiger partial charge in [-0.25, -0.2) is 5.32 Å². The number of hydrogen-bond acceptors (Lipinski definition) is 4. The third-order valence-corrected chi connectivity index (χ3v) is 3.52. The fraction of sp³-hybridized carbons (Fsp3) is 0.333. The minimum atomic E-state index is -2.42. The molecule has 1 aliphatic rings. The molecular formula is C12H12FNO2S. The first kappa shape index (κ1) is 12.4. The van der Waals surface area contributed by atoms with Crippen LogP contribution in [0.3, 0.4) is 0 Å². The van der Waals surface area contributed by atoms with Gasteiger partial charge in [0.05, 0.1) is 23.4 Å². The first-order valence-corrected chi connectivity index (χ1v) is 5.91. The van der Waals surface area contributed by atoms with E-state index < -0.39 is 17.2 Å². The lowest BCUT2D eigenvalue weighted by Gasteiger charge is -2.25. The Balaban J connectivity index is 2.29. The molecule has 0 amide bonds. The van der Waals surface area contributed by atoms with Gasteiger partial charge < -0.3 is 10.2 Å². The second-order valence-corrected chi connectivity index (χ2v) is 4.75. The lowest BCUT2D eigenvalue weighted by Crippen LogP contribution is -2.47. The Morgan fingerprint density at radius 3 is 2.82 bits per heavy atom. The standard InChI is InChI=1S/C12H12FNO2S/c1-2-12(15,16)14-11-9-6-4-3-5-8(9)7-10(11)17-13/h1,3-6,10-11,14-16H,7H2. The maximum absolute atomic E-state index is 12.9. The zero-order valence-electron chi connectivity index (χ0n) is 8.93. The van der Waals surface area contributed by atoms with Gasteiger partial charge in [-0.15, -0.1) is 6.42 Å². The summed E-state index contributed by atoms with van der Waals surface area (Å²) in [4.78, 5) is 0. The third kappa shape index (κ3) is 2.45. The van der Waals surface area contributed by atoms with Crippen LogP contribution in [0.25, 0.3) is 0 Å². The van der Waals surface area contributed by atoms with Crippen LogP contribution in [0.2, 0.25) is 0 Å². The van der Waals surface area contributed by atoms with Crippen molar-refractivity contribution in [3.63, 3.8) is 0 Å². The monoisotopic (exact) mass is 253 g/mol. The highest BCUT2D eigenvalue weighted by Crippen LogP contribution is 2.39. The number of halogens is 1. The molecular weight excluding hydrogens is 241 g/mol. The summed E-state index contributed by atoms with van der Waals surface area (Å²) in [5.74, 6) is -0.609. The highest BCUT2D eigenvalue weighted by molar-refractivity contribution is 7.95. The van der Waals surface area contributed by atoms with E-state index in [1.165, 1.54) is 0 Å². The molecule has 1 aromatic carbocycles. The van der Waals surface area contributed by atoms with Gasteiger partial charge in [0.1, 0.15) is 0 Å². The zero-order valence-corrected chi connectivity index (χ0v) is 9.75. The van der Waals surface area contributed by atoms with Crippen LogP contribution in [0.4, 0.5) is 3.89 Å². The molecule has 2 atom stereocenters. The number of fused-ring (bicyclic) bond motifs is 1. The number of terminal acetylenes is 1. The van der Waals surface area contributed by atoms with E-state index >= 15 is 0 Å². The second kappa shape index (κ2) is 4.67. The summed E-state index contributed by atoms with van der Waals surface area (Å²) < 4.78 is 12.9. The van der Waals surface area contributed by atoms with Gasteiger partial charge in [0.2, 0.25) is 0 Å². The fourth-order valence-corrected chi connectivity index (χ4v) is 2.63. The molecule has 0 saturated carbocycles. The van der Waals surface area contributed by atoms with Crippen molar-refractivity contribution in [1.29, 1.82) is 0 Å². The minimum absolute atomic E-state index is 0.195. The van der Waals surface area contributed by atoms with Crippen LogP contribution < -0.4 is 5.32 Å². The summed E-state index contributed by atoms with van der Waals surface area (Å²) in [5.41, 5.74) is 1.85. The molecule has 5 heteroatoms. The SMILES string of the molecule is C#CC(O)(O)NC1c2ccccc2CC1SF. The normalized spacial score (nSPS) is 23.2. The highest BCUT2D eigenvalue weighted by atomic mass is 32.2. The van der Waals surface area contributed by atoms with Gasteiger partial charge in [0, 0.05) is 0 Å². The van der Waals surface area contributed by atoms with Gasteiger partial charge >= 0.3 is 0 Å². The topological polar surface area (TPSA) is 52.5 Å². The number of rotatable bonds is 3. The van der Waals surface area contributed by atoms with Crippen molar-refractivity contribution >= 4 is 12.1 Å². The molecule has 90 valence electrons. The molecule has 0 aliphatic heterocycles. The Morgan fingerprint density at radius 1 is 1.47 bits per heavy atom. The predicted molar refractivity (Wildman–Crippen MR) is 64.5 cm³/mol. The van der Waals surface area contributed by atoms with E-state index in [2.05, 4.69) is 5.32 Å². The van der Waals surface area contributed by atoms with Gasteiger partial charge in [0.15, 0.2) is 0 Å². The Morgan fingerprint density at radius 2 is 2.18 bits per heavy atom. The van der Waals surface area contributed by atoms with Crippen molar-refractivity contribution in [3.05, 3.63) is 35.4 Å². The Labute approximate surface area is 103 Å². The van der Waals surface area contributed by atoms with Crippen LogP contribution in [-0.4, -0.2) is 21.4 Å². The van der Waals surface area contributed by atoms with Gasteiger partial charge in [-0.1, -0.05) is 24.3 Å². The molecule has 0 spiro atoms. The van der Waals surface area contributed by atoms with Crippen LogP contribution in [0, 0.1) is 12.3 Å². The van der Waals surface area contributed by atoms with Crippen LogP contribution >= 0.6 is 12.1 Å². The van der Waals surface area contributed by atoms with E-state index in [1.807, 2.05) is 30.2 Å². The summed E-state index contributed by atoms with van der Waals surface area (Å²) >= 11 is 0.195. The van der Waals surface area contributed by atoms with E-state index in [-0.39, 0.29) is 12.1 Å². The molecule has 2 rings (SSSR count). The zero-order chi connectivity index (χ0) is 12.5. The number of benzene rings is 1. The molecule has 3 N–H and O–H groups in total. The average molecular weight is 253 g/mol. The van der Waals surface area contributed by atoms with Crippen LogP contribution in [-0.2, 0) is 6.42 Å². The van der Waals surface area contributed by atoms with E-state index in [0.29, 0.717) is 6.42 Å². The first-order chi connectivity index (χ1) is 8.07. The van der Waals surface area contributed by atoms with Gasteiger partial charge in [-0.3, -0.25) is 0 Å². The highest BCUT2D eigenvalue weighted by Gasteiger charge is 2.37. The number of aliphatic hydroxyl groups is 2. The van der Waals surface area contributed by atoms with Gasteiger partial charge in [-0.2, -0.15) is 3.89 Å². The lowest BCUT2D eigenvalue weighted by molar-refractivity contribution is -0.141. The molecule has 1 aromatic rings. The summed E-state index contributed by atoms with van der Waals surface area (Å²) in [6.45, 7) is 0. The Hall–Kier alpha value is -1.06. The van der Waals surface area contributed by atoms with E-state index in [4.69, 9.17) is 6.42 Å². The van der Waals surface area contributed by atoms with Crippen molar-refractivity contribution in [1.82, 2.24) is 5.32 Å². The van der Waals surface area contributed by atoms with E-state index in [1.54, 1.807) is 0 Å². The van der Waals surface area contributed by atoms with E-state index in [9.17, 15) is 14.1 Å². The maximum atomic E-state index is 12.9. The molecule has 1 aliphatic carbocycles. The van der Waals surface area contributed by atoms with E-state index in [0.717, 1.165) is 11.1 Å². The molecule has 0 heterocycles. The maximum Gasteiger partial charge on any atom is 0.291 e. The van der Waals surface area contributed by atoms with Crippen LogP contribution in [0.5, 0.6) is 0 Å². The quantitative estimate of drug-likeness (QED) is 0.558. The van der Waals surface area contributed by atoms with Crippen LogP contribution in [0.1, 0.15) is 17.2 Å². The smallest absolute Gasteiger partial charge is 0.291 e. The van der Waals surface area contributed by atoms with Crippen LogP contribution in [0.15, 0.2) is 24.3 Å². The molecule has 0 bridgehead atoms. The largest absolute Gasteiger partial charge is 0.343 e. The minimum Gasteiger partial charge on any atom is -0.343 e. The number of hydrogen-bond donors (Lipinski definition) is 3. The summed E-state index contributed by atoms with van der Waals surface area (Å²) in [6.07, 6.45) is 5.52. The Bertz CT molecular complexity index is 458. The summed E-state index contributed by atoms with van der Waals surface area (Å²) in [6, 6.07) is 6.91. The summed E-state index contributed by atoms with van der Waals surface area (Å²) in [5, 5.41) is 20.9. The lowest BCUT2D eigenvalue weighted by atomic mass is 10.1. The van der Waals surface area contributed by atoms with Gasteiger partial charge in [0.25, 0.3) is 5.91 Å². The molecule has 0 radical (unpaired) electrons. The van der Waals surface area contributed by atoms with Crippen molar-refractivity contribution in [2.75, 3.05) is 0 Å². The van der Waals surface area contributed by atoms with Crippen molar-refractivity contribution in [2.45, 2.75) is 23.6 Å². The molecule has 2 unspecified atom stereocenters. The summed E-state index contributed by atoms with van der Waals surface area (Å²) in [7, 11) is 0. The molecule has 17 heavy (non-hydrogen) atoms. The Kier molecular flexibility index (Phi) is 3.40. The molecule has 0 saturated heterocycles. The fourth-order valence-electron chi connectivity index (χ4n) is 2.07. The molecule has 0 aromatic heterocycles. The van der Waals surface area contributed by atoms with Crippen molar-refractivity contribution < 1.29 is 14.1 Å². The second-order valence-electron chi connectivity index (χ2n) is 3.97.